The Bertz CT molecular complexity index is 1260. The minimum Gasteiger partial charge on any atom is -0.385 e. The van der Waals surface area contributed by atoms with E-state index in [0.717, 1.165) is 5.56 Å². The first-order valence-electron chi connectivity index (χ1n) is 10.8. The summed E-state index contributed by atoms with van der Waals surface area (Å²) in [7, 11) is 1.53. The highest BCUT2D eigenvalue weighted by Crippen LogP contribution is 2.20. The Labute approximate surface area is 196 Å². The topological polar surface area (TPSA) is 122 Å². The van der Waals surface area contributed by atoms with E-state index >= 15 is 0 Å². The number of ether oxygens (including phenoxy) is 1. The molecule has 2 aromatic carbocycles. The number of hydrogen-bond donors (Lipinski definition) is 3. The second-order valence-electron chi connectivity index (χ2n) is 7.77. The van der Waals surface area contributed by atoms with Gasteiger partial charge in [0, 0.05) is 25.9 Å². The van der Waals surface area contributed by atoms with E-state index in [0.29, 0.717) is 24.3 Å². The molecule has 180 valence electrons. The van der Waals surface area contributed by atoms with Gasteiger partial charge in [-0.3, -0.25) is 19.1 Å². The summed E-state index contributed by atoms with van der Waals surface area (Å²) in [6.45, 7) is 2.18. The molecule has 0 aliphatic heterocycles. The maximum Gasteiger partial charge on any atom is 0.330 e. The fraction of sp³-hybridized carbons (Fsp3) is 0.292. The lowest BCUT2D eigenvalue weighted by Gasteiger charge is -2.25. The van der Waals surface area contributed by atoms with E-state index < -0.39 is 17.2 Å². The van der Waals surface area contributed by atoms with Gasteiger partial charge >= 0.3 is 5.69 Å². The lowest BCUT2D eigenvalue weighted by Crippen LogP contribution is -2.44. The number of nitrogens with one attached hydrogen (secondary N) is 2. The number of nitrogens with two attached hydrogens (primary N) is 1. The molecule has 0 atom stereocenters. The number of halogens is 1. The van der Waals surface area contributed by atoms with Crippen molar-refractivity contribution in [3.8, 4) is 0 Å². The predicted molar refractivity (Wildman–Crippen MR) is 130 cm³/mol. The summed E-state index contributed by atoms with van der Waals surface area (Å²) in [5.74, 6) is -0.932. The lowest BCUT2D eigenvalue weighted by atomic mass is 10.2. The molecular weight excluding hydrogens is 441 g/mol. The Kier molecular flexibility index (Phi) is 8.20. The summed E-state index contributed by atoms with van der Waals surface area (Å²) >= 11 is 0. The number of hydrogen-bond acceptors (Lipinski definition) is 6. The third-order valence-electron chi connectivity index (χ3n) is 5.32. The molecule has 34 heavy (non-hydrogen) atoms. The van der Waals surface area contributed by atoms with Gasteiger partial charge in [0.15, 0.2) is 5.69 Å². The number of carbonyl (C=O) groups excluding carboxylic acids is 1. The molecule has 0 bridgehead atoms. The van der Waals surface area contributed by atoms with E-state index in [1.165, 1.54) is 34.8 Å². The maximum atomic E-state index is 13.4. The van der Waals surface area contributed by atoms with Gasteiger partial charge in [-0.1, -0.05) is 30.3 Å². The number of nitrogen functional groups attached to an aromatic ring is 1. The largest absolute Gasteiger partial charge is 0.385 e. The number of rotatable bonds is 10. The third-order valence-corrected chi connectivity index (χ3v) is 5.32. The maximum absolute atomic E-state index is 13.4. The molecule has 3 aromatic rings. The average molecular weight is 470 g/mol. The molecule has 9 nitrogen and oxygen atoms in total. The highest BCUT2D eigenvalue weighted by atomic mass is 19.1. The van der Waals surface area contributed by atoms with Crippen molar-refractivity contribution in [3.05, 3.63) is 86.3 Å². The molecule has 10 heteroatoms. The monoisotopic (exact) mass is 469 g/mol. The van der Waals surface area contributed by atoms with Crippen molar-refractivity contribution in [3.63, 3.8) is 0 Å². The normalized spacial score (nSPS) is 10.8. The van der Waals surface area contributed by atoms with Crippen LogP contribution in [0.4, 0.5) is 21.6 Å². The average Bonchev–Trinajstić information content (AvgIpc) is 2.80. The molecule has 0 unspecified atom stereocenters. The van der Waals surface area contributed by atoms with E-state index in [4.69, 9.17) is 10.5 Å². The molecule has 0 aliphatic carbocycles. The van der Waals surface area contributed by atoms with Crippen LogP contribution < -0.4 is 27.2 Å². The van der Waals surface area contributed by atoms with Gasteiger partial charge < -0.3 is 20.7 Å². The van der Waals surface area contributed by atoms with Gasteiger partial charge in [-0.25, -0.2) is 9.18 Å². The number of methoxy groups -OCH3 is 1. The van der Waals surface area contributed by atoms with Crippen LogP contribution in [0.2, 0.25) is 0 Å². The smallest absolute Gasteiger partial charge is 0.330 e. The highest BCUT2D eigenvalue weighted by Gasteiger charge is 2.24. The standard InChI is InChI=1S/C24H28FN5O4/c1-16-13-18(25)9-10-19(16)27-14-20(31)29(11-6-12-34-2)21-22(26)30(24(33)28-23(21)32)15-17-7-4-3-5-8-17/h3-5,7-10,13,27H,6,11-12,14-15,26H2,1-2H3,(H,28,32,33). The van der Waals surface area contributed by atoms with E-state index in [-0.39, 0.29) is 37.0 Å². The molecule has 4 N–H and O–H groups in total. The van der Waals surface area contributed by atoms with Crippen molar-refractivity contribution in [1.82, 2.24) is 9.55 Å². The number of carbonyl (C=O) groups is 1. The van der Waals surface area contributed by atoms with Crippen molar-refractivity contribution < 1.29 is 13.9 Å². The van der Waals surface area contributed by atoms with Crippen LogP contribution in [0.3, 0.4) is 0 Å². The van der Waals surface area contributed by atoms with Crippen molar-refractivity contribution in [2.75, 3.05) is 42.8 Å². The van der Waals surface area contributed by atoms with Gasteiger partial charge in [-0.05, 0) is 42.7 Å². The zero-order chi connectivity index (χ0) is 24.7. The zero-order valence-electron chi connectivity index (χ0n) is 19.1. The van der Waals surface area contributed by atoms with Crippen molar-refractivity contribution in [1.29, 1.82) is 0 Å². The van der Waals surface area contributed by atoms with Crippen LogP contribution >= 0.6 is 0 Å². The minimum atomic E-state index is -0.754. The SMILES string of the molecule is COCCCN(C(=O)CNc1ccc(F)cc1C)c1c(N)n(Cc2ccccc2)c(=O)[nH]c1=O. The number of nitrogens with zero attached hydrogens (tertiary/aromatic N) is 2. The molecule has 0 radical (unpaired) electrons. The number of aryl methyl sites for hydroxylation is 1. The van der Waals surface area contributed by atoms with Gasteiger partial charge in [0.25, 0.3) is 5.56 Å². The molecule has 0 saturated carbocycles. The third kappa shape index (κ3) is 5.90. The van der Waals surface area contributed by atoms with Gasteiger partial charge in [0.2, 0.25) is 5.91 Å². The van der Waals surface area contributed by atoms with Gasteiger partial charge in [0.05, 0.1) is 13.1 Å². The Morgan fingerprint density at radius 2 is 1.94 bits per heavy atom. The quantitative estimate of drug-likeness (QED) is 0.391. The van der Waals surface area contributed by atoms with Gasteiger partial charge in [-0.2, -0.15) is 0 Å². The summed E-state index contributed by atoms with van der Waals surface area (Å²) < 4.78 is 19.7. The summed E-state index contributed by atoms with van der Waals surface area (Å²) in [5.41, 5.74) is 6.78. The van der Waals surface area contributed by atoms with Crippen molar-refractivity contribution >= 4 is 23.1 Å². The number of amides is 1. The van der Waals surface area contributed by atoms with E-state index in [1.807, 2.05) is 30.3 Å². The lowest BCUT2D eigenvalue weighted by molar-refractivity contribution is -0.117. The zero-order valence-corrected chi connectivity index (χ0v) is 19.1. The van der Waals surface area contributed by atoms with E-state index in [1.54, 1.807) is 6.92 Å². The molecule has 3 rings (SSSR count). The number of anilines is 3. The number of benzene rings is 2. The second-order valence-corrected chi connectivity index (χ2v) is 7.77. The Morgan fingerprint density at radius 1 is 1.21 bits per heavy atom. The molecule has 0 saturated heterocycles. The summed E-state index contributed by atoms with van der Waals surface area (Å²) in [4.78, 5) is 42.0. The Morgan fingerprint density at radius 3 is 2.62 bits per heavy atom. The van der Waals surface area contributed by atoms with Crippen molar-refractivity contribution in [2.24, 2.45) is 0 Å². The number of aromatic nitrogens is 2. The molecule has 1 amide bonds. The second kappa shape index (κ2) is 11.3. The summed E-state index contributed by atoms with van der Waals surface area (Å²) in [6.07, 6.45) is 0.439. The number of H-pyrrole nitrogens is 1. The van der Waals surface area contributed by atoms with Crippen LogP contribution in [-0.2, 0) is 16.1 Å². The molecule has 0 aliphatic rings. The minimum absolute atomic E-state index is 0.103. The number of aromatic amines is 1. The summed E-state index contributed by atoms with van der Waals surface area (Å²) in [5, 5.41) is 2.97. The van der Waals surface area contributed by atoms with Crippen LogP contribution in [-0.4, -0.2) is 42.3 Å². The van der Waals surface area contributed by atoms with Crippen LogP contribution in [0, 0.1) is 12.7 Å². The first kappa shape index (κ1) is 24.7. The van der Waals surface area contributed by atoms with Gasteiger partial charge in [-0.15, -0.1) is 0 Å². The fourth-order valence-corrected chi connectivity index (χ4v) is 3.58. The van der Waals surface area contributed by atoms with E-state index in [9.17, 15) is 18.8 Å². The molecule has 0 fully saturated rings. The van der Waals surface area contributed by atoms with Crippen LogP contribution in [0.1, 0.15) is 17.5 Å². The highest BCUT2D eigenvalue weighted by molar-refractivity contribution is 5.98. The molecule has 1 aromatic heterocycles. The first-order chi connectivity index (χ1) is 16.3. The summed E-state index contributed by atoms with van der Waals surface area (Å²) in [6, 6.07) is 13.3. The molecule has 1 heterocycles. The predicted octanol–water partition coefficient (Wildman–Crippen LogP) is 2.10. The van der Waals surface area contributed by atoms with Crippen molar-refractivity contribution in [2.45, 2.75) is 19.9 Å². The molecule has 0 spiro atoms. The molecular formula is C24H28FN5O4. The van der Waals surface area contributed by atoms with Gasteiger partial charge in [0.1, 0.15) is 11.6 Å². The Balaban J connectivity index is 1.94. The van der Waals surface area contributed by atoms with Crippen LogP contribution in [0.15, 0.2) is 58.1 Å². The van der Waals surface area contributed by atoms with Crippen LogP contribution in [0.25, 0.3) is 0 Å². The Hall–Kier alpha value is -3.92. The van der Waals surface area contributed by atoms with Crippen LogP contribution in [0.5, 0.6) is 0 Å². The fourth-order valence-electron chi connectivity index (χ4n) is 3.58. The van der Waals surface area contributed by atoms with E-state index in [2.05, 4.69) is 10.3 Å². The first-order valence-corrected chi connectivity index (χ1v) is 10.8.